The van der Waals surface area contributed by atoms with Gasteiger partial charge < -0.3 is 4.74 Å². The lowest BCUT2D eigenvalue weighted by molar-refractivity contribution is 0.0799. The van der Waals surface area contributed by atoms with Crippen LogP contribution in [-0.4, -0.2) is 16.4 Å². The Hall–Kier alpha value is -1.09. The Balaban J connectivity index is 2.45. The quantitative estimate of drug-likeness (QED) is 0.598. The summed E-state index contributed by atoms with van der Waals surface area (Å²) in [6, 6.07) is 0. The molecule has 58 valence electrons. The molecule has 0 aromatic carbocycles. The molecule has 0 aliphatic carbocycles. The summed E-state index contributed by atoms with van der Waals surface area (Å²) in [6.07, 6.45) is 3.64. The number of hydrogen-bond acceptors (Lipinski definition) is 2. The minimum Gasteiger partial charge on any atom is -0.373 e. The molecule has 11 heavy (non-hydrogen) atoms. The van der Waals surface area contributed by atoms with Crippen molar-refractivity contribution in [3.8, 4) is 0 Å². The summed E-state index contributed by atoms with van der Waals surface area (Å²) in [5.74, 6) is 0. The molecule has 0 unspecified atom stereocenters. The predicted molar refractivity (Wildman–Crippen MR) is 42.0 cm³/mol. The summed E-state index contributed by atoms with van der Waals surface area (Å²) < 4.78 is 7.26. The monoisotopic (exact) mass is 150 g/mol. The molecule has 0 N–H and O–H groups in total. The molecule has 0 fully saturated rings. The number of hydrogen-bond donors (Lipinski definition) is 0. The maximum absolute atomic E-state index is 5.29. The molecule has 0 bridgehead atoms. The van der Waals surface area contributed by atoms with E-state index in [4.69, 9.17) is 4.74 Å². The standard InChI is InChI=1S/C8H10N2O/c1-2-7-5-9-10-3-4-11-6-8(7)10/h2,5H,1,3-4,6H2. The second-order valence-electron chi connectivity index (χ2n) is 2.53. The highest BCUT2D eigenvalue weighted by Crippen LogP contribution is 2.14. The Kier molecular flexibility index (Phi) is 1.51. The first-order valence-electron chi connectivity index (χ1n) is 3.66. The number of aromatic nitrogens is 2. The fourth-order valence-electron chi connectivity index (χ4n) is 1.27. The summed E-state index contributed by atoms with van der Waals surface area (Å²) in [7, 11) is 0. The lowest BCUT2D eigenvalue weighted by atomic mass is 10.2. The van der Waals surface area contributed by atoms with Crippen molar-refractivity contribution in [3.63, 3.8) is 0 Å². The molecule has 1 aromatic rings. The molecule has 2 heterocycles. The van der Waals surface area contributed by atoms with E-state index in [1.54, 1.807) is 0 Å². The average Bonchev–Trinajstić information content (AvgIpc) is 2.47. The summed E-state index contributed by atoms with van der Waals surface area (Å²) in [4.78, 5) is 0. The number of fused-ring (bicyclic) bond motifs is 1. The van der Waals surface area contributed by atoms with Crippen LogP contribution < -0.4 is 0 Å². The fourth-order valence-corrected chi connectivity index (χ4v) is 1.27. The molecule has 0 spiro atoms. The van der Waals surface area contributed by atoms with Gasteiger partial charge in [-0.05, 0) is 0 Å². The van der Waals surface area contributed by atoms with Crippen LogP contribution in [0.5, 0.6) is 0 Å². The highest BCUT2D eigenvalue weighted by atomic mass is 16.5. The van der Waals surface area contributed by atoms with E-state index in [0.29, 0.717) is 6.61 Å². The first kappa shape index (κ1) is 6.61. The van der Waals surface area contributed by atoms with Gasteiger partial charge in [-0.2, -0.15) is 5.10 Å². The maximum atomic E-state index is 5.29. The summed E-state index contributed by atoms with van der Waals surface area (Å²) >= 11 is 0. The zero-order valence-corrected chi connectivity index (χ0v) is 6.29. The van der Waals surface area contributed by atoms with Gasteiger partial charge in [-0.25, -0.2) is 0 Å². The normalized spacial score (nSPS) is 16.0. The molecule has 2 rings (SSSR count). The molecule has 1 aliphatic rings. The van der Waals surface area contributed by atoms with Crippen molar-refractivity contribution in [2.45, 2.75) is 13.2 Å². The van der Waals surface area contributed by atoms with E-state index >= 15 is 0 Å². The molecule has 1 aliphatic heterocycles. The van der Waals surface area contributed by atoms with Crippen LogP contribution in [0.15, 0.2) is 12.8 Å². The van der Waals surface area contributed by atoms with Gasteiger partial charge in [0, 0.05) is 5.56 Å². The van der Waals surface area contributed by atoms with Gasteiger partial charge in [0.05, 0.1) is 31.6 Å². The zero-order chi connectivity index (χ0) is 7.68. The first-order chi connectivity index (χ1) is 5.42. The number of rotatable bonds is 1. The Morgan fingerprint density at radius 2 is 2.64 bits per heavy atom. The second kappa shape index (κ2) is 2.51. The van der Waals surface area contributed by atoms with Gasteiger partial charge in [-0.1, -0.05) is 12.7 Å². The van der Waals surface area contributed by atoms with E-state index in [1.165, 1.54) is 0 Å². The predicted octanol–water partition coefficient (Wildman–Crippen LogP) is 1.06. The third-order valence-corrected chi connectivity index (χ3v) is 1.89. The highest BCUT2D eigenvalue weighted by molar-refractivity contribution is 5.48. The van der Waals surface area contributed by atoms with Crippen molar-refractivity contribution in [1.82, 2.24) is 9.78 Å². The Morgan fingerprint density at radius 3 is 3.45 bits per heavy atom. The minimum absolute atomic E-state index is 0.668. The molecule has 1 aromatic heterocycles. The van der Waals surface area contributed by atoms with Gasteiger partial charge in [0.1, 0.15) is 0 Å². The molecule has 0 saturated heterocycles. The molecular weight excluding hydrogens is 140 g/mol. The number of nitrogens with zero attached hydrogens (tertiary/aromatic N) is 2. The average molecular weight is 150 g/mol. The molecule has 0 saturated carbocycles. The van der Waals surface area contributed by atoms with Crippen molar-refractivity contribution in [3.05, 3.63) is 24.0 Å². The Bertz CT molecular complexity index is 278. The van der Waals surface area contributed by atoms with Gasteiger partial charge >= 0.3 is 0 Å². The SMILES string of the molecule is C=Cc1cnn2c1COCC2. The van der Waals surface area contributed by atoms with Crippen LogP contribution >= 0.6 is 0 Å². The van der Waals surface area contributed by atoms with E-state index in [2.05, 4.69) is 11.7 Å². The summed E-state index contributed by atoms with van der Waals surface area (Å²) in [5, 5.41) is 4.19. The van der Waals surface area contributed by atoms with E-state index in [9.17, 15) is 0 Å². The maximum Gasteiger partial charge on any atom is 0.0891 e. The smallest absolute Gasteiger partial charge is 0.0891 e. The largest absolute Gasteiger partial charge is 0.373 e. The van der Waals surface area contributed by atoms with Crippen LogP contribution in [0.4, 0.5) is 0 Å². The second-order valence-corrected chi connectivity index (χ2v) is 2.53. The van der Waals surface area contributed by atoms with E-state index in [-0.39, 0.29) is 0 Å². The van der Waals surface area contributed by atoms with E-state index in [0.717, 1.165) is 24.4 Å². The Morgan fingerprint density at radius 1 is 1.73 bits per heavy atom. The van der Waals surface area contributed by atoms with Gasteiger partial charge in [0.15, 0.2) is 0 Å². The van der Waals surface area contributed by atoms with Crippen molar-refractivity contribution in [1.29, 1.82) is 0 Å². The van der Waals surface area contributed by atoms with E-state index in [1.807, 2.05) is 17.0 Å². The van der Waals surface area contributed by atoms with Gasteiger partial charge in [-0.15, -0.1) is 0 Å². The van der Waals surface area contributed by atoms with Gasteiger partial charge in [0.25, 0.3) is 0 Å². The van der Waals surface area contributed by atoms with E-state index < -0.39 is 0 Å². The van der Waals surface area contributed by atoms with Crippen LogP contribution in [-0.2, 0) is 17.9 Å². The van der Waals surface area contributed by atoms with Crippen LogP contribution in [0.25, 0.3) is 6.08 Å². The lowest BCUT2D eigenvalue weighted by Crippen LogP contribution is -2.17. The van der Waals surface area contributed by atoms with Crippen LogP contribution in [0.1, 0.15) is 11.3 Å². The summed E-state index contributed by atoms with van der Waals surface area (Å²) in [5.41, 5.74) is 2.23. The first-order valence-corrected chi connectivity index (χ1v) is 3.66. The molecule has 3 heteroatoms. The van der Waals surface area contributed by atoms with Crippen molar-refractivity contribution >= 4 is 6.08 Å². The molecule has 0 atom stereocenters. The van der Waals surface area contributed by atoms with Crippen molar-refractivity contribution in [2.24, 2.45) is 0 Å². The van der Waals surface area contributed by atoms with Crippen LogP contribution in [0, 0.1) is 0 Å². The molecule has 3 nitrogen and oxygen atoms in total. The van der Waals surface area contributed by atoms with Crippen molar-refractivity contribution < 1.29 is 4.74 Å². The topological polar surface area (TPSA) is 27.1 Å². The Labute approximate surface area is 65.3 Å². The summed E-state index contributed by atoms with van der Waals surface area (Å²) in [6.45, 7) is 6.00. The number of ether oxygens (including phenoxy) is 1. The highest BCUT2D eigenvalue weighted by Gasteiger charge is 2.12. The van der Waals surface area contributed by atoms with Crippen LogP contribution in [0.3, 0.4) is 0 Å². The van der Waals surface area contributed by atoms with Crippen molar-refractivity contribution in [2.75, 3.05) is 6.61 Å². The lowest BCUT2D eigenvalue weighted by Gasteiger charge is -2.14. The van der Waals surface area contributed by atoms with Gasteiger partial charge in [-0.3, -0.25) is 4.68 Å². The third kappa shape index (κ3) is 0.973. The van der Waals surface area contributed by atoms with Gasteiger partial charge in [0.2, 0.25) is 0 Å². The minimum atomic E-state index is 0.668. The molecular formula is C8H10N2O. The third-order valence-electron chi connectivity index (χ3n) is 1.89. The fraction of sp³-hybridized carbons (Fsp3) is 0.375. The van der Waals surface area contributed by atoms with Crippen LogP contribution in [0.2, 0.25) is 0 Å². The molecule has 0 amide bonds. The molecule has 0 radical (unpaired) electrons. The zero-order valence-electron chi connectivity index (χ0n) is 6.29.